The van der Waals surface area contributed by atoms with E-state index in [-0.39, 0.29) is 16.1 Å². The maximum absolute atomic E-state index is 13.5. The molecule has 0 radical (unpaired) electrons. The van der Waals surface area contributed by atoms with Crippen LogP contribution in [0.3, 0.4) is 0 Å². The van der Waals surface area contributed by atoms with Gasteiger partial charge in [0.1, 0.15) is 0 Å². The van der Waals surface area contributed by atoms with Crippen molar-refractivity contribution in [2.45, 2.75) is 4.90 Å². The van der Waals surface area contributed by atoms with Crippen LogP contribution in [0.2, 0.25) is 0 Å². The lowest BCUT2D eigenvalue weighted by molar-refractivity contribution is 0.0722. The number of nitrogen functional groups attached to an aromatic ring is 1. The van der Waals surface area contributed by atoms with Crippen molar-refractivity contribution in [1.82, 2.24) is 0 Å². The van der Waals surface area contributed by atoms with Gasteiger partial charge in [0.15, 0.2) is 17.4 Å². The predicted octanol–water partition coefficient (Wildman–Crippen LogP) is 2.87. The Morgan fingerprint density at radius 1 is 1.10 bits per heavy atom. The van der Waals surface area contributed by atoms with E-state index in [1.807, 2.05) is 0 Å². The number of hydrogen-bond donors (Lipinski definition) is 2. The molecule has 0 atom stereocenters. The summed E-state index contributed by atoms with van der Waals surface area (Å²) in [5.41, 5.74) is 5.88. The summed E-state index contributed by atoms with van der Waals surface area (Å²) >= 11 is 0.717. The molecule has 0 aliphatic carbocycles. The van der Waals surface area contributed by atoms with Crippen molar-refractivity contribution in [1.29, 1.82) is 0 Å². The normalized spacial score (nSPS) is 10.5. The SMILES string of the molecule is NSc1c(N)cccc1C(=O)Oc1ccc(F)c(F)c1F. The third-order valence-corrected chi connectivity index (χ3v) is 3.28. The van der Waals surface area contributed by atoms with E-state index < -0.39 is 29.2 Å². The second-order valence-electron chi connectivity index (χ2n) is 3.90. The van der Waals surface area contributed by atoms with E-state index in [1.54, 1.807) is 0 Å². The number of carbonyl (C=O) groups is 1. The van der Waals surface area contributed by atoms with Crippen LogP contribution in [0.5, 0.6) is 5.75 Å². The average molecular weight is 314 g/mol. The van der Waals surface area contributed by atoms with Crippen LogP contribution < -0.4 is 15.6 Å². The van der Waals surface area contributed by atoms with Gasteiger partial charge in [-0.3, -0.25) is 5.14 Å². The van der Waals surface area contributed by atoms with Crippen molar-refractivity contribution < 1.29 is 22.7 Å². The van der Waals surface area contributed by atoms with Crippen LogP contribution in [0, 0.1) is 17.5 Å². The number of esters is 1. The molecule has 110 valence electrons. The van der Waals surface area contributed by atoms with Crippen molar-refractivity contribution in [3.8, 4) is 5.75 Å². The summed E-state index contributed by atoms with van der Waals surface area (Å²) in [5.74, 6) is -6.40. The molecule has 0 aliphatic heterocycles. The number of rotatable bonds is 3. The third-order valence-electron chi connectivity index (χ3n) is 2.59. The fraction of sp³-hybridized carbons (Fsp3) is 0. The largest absolute Gasteiger partial charge is 0.420 e. The minimum Gasteiger partial charge on any atom is -0.420 e. The van der Waals surface area contributed by atoms with Gasteiger partial charge in [-0.1, -0.05) is 6.07 Å². The molecule has 0 amide bonds. The number of benzene rings is 2. The lowest BCUT2D eigenvalue weighted by Crippen LogP contribution is -2.13. The summed E-state index contributed by atoms with van der Waals surface area (Å²) in [6, 6.07) is 5.83. The Labute approximate surface area is 122 Å². The molecule has 0 fully saturated rings. The molecule has 0 heterocycles. The first kappa shape index (κ1) is 15.2. The van der Waals surface area contributed by atoms with Crippen LogP contribution in [0.25, 0.3) is 0 Å². The molecule has 2 rings (SSSR count). The summed E-state index contributed by atoms with van der Waals surface area (Å²) in [7, 11) is 0. The molecule has 21 heavy (non-hydrogen) atoms. The van der Waals surface area contributed by atoms with Gasteiger partial charge in [-0.05, 0) is 36.2 Å². The highest BCUT2D eigenvalue weighted by Gasteiger charge is 2.20. The summed E-state index contributed by atoms with van der Waals surface area (Å²) in [5, 5.41) is 5.40. The van der Waals surface area contributed by atoms with Crippen molar-refractivity contribution >= 4 is 23.6 Å². The Morgan fingerprint density at radius 3 is 2.48 bits per heavy atom. The third kappa shape index (κ3) is 2.96. The Balaban J connectivity index is 2.35. The van der Waals surface area contributed by atoms with Crippen molar-refractivity contribution in [2.24, 2.45) is 5.14 Å². The second kappa shape index (κ2) is 6.06. The molecular weight excluding hydrogens is 305 g/mol. The topological polar surface area (TPSA) is 78.3 Å². The Kier molecular flexibility index (Phi) is 4.39. The maximum atomic E-state index is 13.5. The summed E-state index contributed by atoms with van der Waals surface area (Å²) in [6.07, 6.45) is 0. The quantitative estimate of drug-likeness (QED) is 0.299. The zero-order valence-electron chi connectivity index (χ0n) is 10.4. The Morgan fingerprint density at radius 2 is 1.81 bits per heavy atom. The number of ether oxygens (including phenoxy) is 1. The first-order valence-corrected chi connectivity index (χ1v) is 6.44. The molecular formula is C13H9F3N2O2S. The van der Waals surface area contributed by atoms with Crippen LogP contribution in [-0.4, -0.2) is 5.97 Å². The molecule has 2 aromatic carbocycles. The zero-order chi connectivity index (χ0) is 15.6. The minimum absolute atomic E-state index is 0.00775. The molecule has 0 unspecified atom stereocenters. The number of halogens is 3. The van der Waals surface area contributed by atoms with E-state index in [4.69, 9.17) is 15.6 Å². The highest BCUT2D eigenvalue weighted by atomic mass is 32.2. The minimum atomic E-state index is -1.72. The van der Waals surface area contributed by atoms with E-state index in [1.165, 1.54) is 18.2 Å². The Hall–Kier alpha value is -2.19. The second-order valence-corrected chi connectivity index (χ2v) is 4.55. The first-order valence-electron chi connectivity index (χ1n) is 5.56. The van der Waals surface area contributed by atoms with Crippen LogP contribution in [0.15, 0.2) is 35.2 Å². The van der Waals surface area contributed by atoms with Crippen molar-refractivity contribution in [2.75, 3.05) is 5.73 Å². The molecule has 4 nitrogen and oxygen atoms in total. The van der Waals surface area contributed by atoms with E-state index in [9.17, 15) is 18.0 Å². The van der Waals surface area contributed by atoms with Gasteiger partial charge in [0.25, 0.3) is 0 Å². The van der Waals surface area contributed by atoms with Crippen LogP contribution in [0.4, 0.5) is 18.9 Å². The van der Waals surface area contributed by atoms with E-state index in [0.29, 0.717) is 6.07 Å². The monoisotopic (exact) mass is 314 g/mol. The highest BCUT2D eigenvalue weighted by Crippen LogP contribution is 2.28. The van der Waals surface area contributed by atoms with Crippen molar-refractivity contribution in [3.63, 3.8) is 0 Å². The summed E-state index contributed by atoms with van der Waals surface area (Å²) < 4.78 is 44.0. The summed E-state index contributed by atoms with van der Waals surface area (Å²) in [4.78, 5) is 12.2. The van der Waals surface area contributed by atoms with Crippen LogP contribution in [0.1, 0.15) is 10.4 Å². The maximum Gasteiger partial charge on any atom is 0.344 e. The smallest absolute Gasteiger partial charge is 0.344 e. The standard InChI is InChI=1S/C13H9F3N2O2S/c14-7-4-5-9(11(16)10(7)15)20-13(19)6-2-1-3-8(17)12(6)21-18/h1-5H,17-18H2. The highest BCUT2D eigenvalue weighted by molar-refractivity contribution is 7.97. The molecule has 0 saturated carbocycles. The molecule has 0 aliphatic rings. The number of carbonyl (C=O) groups excluding carboxylic acids is 1. The Bertz CT molecular complexity index is 710. The number of hydrogen-bond acceptors (Lipinski definition) is 5. The molecule has 0 spiro atoms. The van der Waals surface area contributed by atoms with Gasteiger partial charge < -0.3 is 10.5 Å². The molecule has 2 aromatic rings. The molecule has 0 bridgehead atoms. The first-order chi connectivity index (χ1) is 9.95. The summed E-state index contributed by atoms with van der Waals surface area (Å²) in [6.45, 7) is 0. The van der Waals surface area contributed by atoms with Gasteiger partial charge in [-0.25, -0.2) is 13.6 Å². The predicted molar refractivity (Wildman–Crippen MR) is 72.2 cm³/mol. The fourth-order valence-electron chi connectivity index (χ4n) is 1.59. The lowest BCUT2D eigenvalue weighted by Gasteiger charge is -2.10. The van der Waals surface area contributed by atoms with Gasteiger partial charge in [-0.2, -0.15) is 4.39 Å². The van der Waals surface area contributed by atoms with Gasteiger partial charge in [0.2, 0.25) is 5.82 Å². The fourth-order valence-corrected chi connectivity index (χ4v) is 2.07. The van der Waals surface area contributed by atoms with Gasteiger partial charge in [-0.15, -0.1) is 0 Å². The van der Waals surface area contributed by atoms with Crippen LogP contribution >= 0.6 is 11.9 Å². The van der Waals surface area contributed by atoms with E-state index >= 15 is 0 Å². The molecule has 0 saturated heterocycles. The van der Waals surface area contributed by atoms with Gasteiger partial charge in [0, 0.05) is 5.69 Å². The molecule has 8 heteroatoms. The molecule has 0 aromatic heterocycles. The van der Waals surface area contributed by atoms with Gasteiger partial charge in [0.05, 0.1) is 10.5 Å². The number of nitrogens with two attached hydrogens (primary N) is 2. The average Bonchev–Trinajstić information content (AvgIpc) is 2.47. The van der Waals surface area contributed by atoms with E-state index in [0.717, 1.165) is 18.0 Å². The zero-order valence-corrected chi connectivity index (χ0v) is 11.2. The van der Waals surface area contributed by atoms with Crippen LogP contribution in [-0.2, 0) is 0 Å². The number of anilines is 1. The molecule has 4 N–H and O–H groups in total. The van der Waals surface area contributed by atoms with Crippen molar-refractivity contribution in [3.05, 3.63) is 53.3 Å². The van der Waals surface area contributed by atoms with Gasteiger partial charge >= 0.3 is 5.97 Å². The van der Waals surface area contributed by atoms with E-state index in [2.05, 4.69) is 0 Å². The lowest BCUT2D eigenvalue weighted by atomic mass is 10.2.